The second-order valence-electron chi connectivity index (χ2n) is 7.78. The van der Waals surface area contributed by atoms with Crippen LogP contribution < -0.4 is 0 Å². The van der Waals surface area contributed by atoms with E-state index in [-0.39, 0.29) is 11.3 Å². The van der Waals surface area contributed by atoms with E-state index in [2.05, 4.69) is 0 Å². The van der Waals surface area contributed by atoms with Crippen LogP contribution in [-0.4, -0.2) is 110 Å². The molecule has 0 saturated carbocycles. The number of benzene rings is 1. The molecule has 10 nitrogen and oxygen atoms in total. The molecule has 0 bridgehead atoms. The van der Waals surface area contributed by atoms with Gasteiger partial charge in [-0.25, -0.2) is 4.79 Å². The third kappa shape index (κ3) is 18.4. The summed E-state index contributed by atoms with van der Waals surface area (Å²) in [5.74, 6) is -0.969. The number of carboxylic acid groups (broad SMARTS) is 1. The van der Waals surface area contributed by atoms with E-state index in [1.807, 2.05) is 0 Å². The predicted molar refractivity (Wildman–Crippen MR) is 133 cm³/mol. The Morgan fingerprint density at radius 1 is 0.556 bits per heavy atom. The third-order valence-electron chi connectivity index (χ3n) is 4.94. The Morgan fingerprint density at radius 3 is 1.36 bits per heavy atom. The van der Waals surface area contributed by atoms with E-state index in [4.69, 9.17) is 38.3 Å². The zero-order valence-corrected chi connectivity index (χ0v) is 21.5. The van der Waals surface area contributed by atoms with Crippen molar-refractivity contribution in [1.29, 1.82) is 0 Å². The number of rotatable bonds is 26. The molecule has 1 aromatic carbocycles. The number of unbranched alkanes of at least 4 members (excludes halogenated alkanes) is 2. The lowest BCUT2D eigenvalue weighted by Gasteiger charge is -2.08. The van der Waals surface area contributed by atoms with Gasteiger partial charge in [0, 0.05) is 25.7 Å². The Bertz CT molecular complexity index is 665. The average Bonchev–Trinajstić information content (AvgIpc) is 2.89. The number of methoxy groups -OCH3 is 1. The Labute approximate surface area is 214 Å². The minimum atomic E-state index is -0.997. The number of Topliss-reactive ketones (excluding diaryl/α,β-unsaturated/α-hetero) is 1. The van der Waals surface area contributed by atoms with Crippen LogP contribution in [0.25, 0.3) is 0 Å². The topological polar surface area (TPSA) is 119 Å². The molecule has 0 radical (unpaired) electrons. The molecule has 0 spiro atoms. The van der Waals surface area contributed by atoms with Gasteiger partial charge in [0.05, 0.1) is 84.8 Å². The highest BCUT2D eigenvalue weighted by atomic mass is 16.6. The van der Waals surface area contributed by atoms with Gasteiger partial charge in [-0.3, -0.25) is 4.79 Å². The number of ether oxygens (including phenoxy) is 7. The Kier molecular flexibility index (Phi) is 20.9. The Hall–Kier alpha value is -1.92. The van der Waals surface area contributed by atoms with Crippen LogP contribution in [0.15, 0.2) is 24.3 Å². The quantitative estimate of drug-likeness (QED) is 0.146. The number of ketones is 1. The number of hydrogen-bond donors (Lipinski definition) is 1. The normalized spacial score (nSPS) is 11.1. The van der Waals surface area contributed by atoms with E-state index in [1.165, 1.54) is 12.1 Å². The highest BCUT2D eigenvalue weighted by Crippen LogP contribution is 2.10. The van der Waals surface area contributed by atoms with Crippen molar-refractivity contribution in [3.05, 3.63) is 35.4 Å². The van der Waals surface area contributed by atoms with Crippen molar-refractivity contribution in [3.63, 3.8) is 0 Å². The lowest BCUT2D eigenvalue weighted by atomic mass is 10.0. The Balaban J connectivity index is 1.76. The van der Waals surface area contributed by atoms with Crippen LogP contribution in [0, 0.1) is 0 Å². The summed E-state index contributed by atoms with van der Waals surface area (Å²) in [4.78, 5) is 23.0. The van der Waals surface area contributed by atoms with E-state index in [0.29, 0.717) is 97.9 Å². The Morgan fingerprint density at radius 2 is 0.944 bits per heavy atom. The molecule has 10 heteroatoms. The number of hydrogen-bond acceptors (Lipinski definition) is 9. The first-order valence-corrected chi connectivity index (χ1v) is 12.5. The number of carbonyl (C=O) groups excluding carboxylic acids is 1. The summed E-state index contributed by atoms with van der Waals surface area (Å²) in [5.41, 5.74) is 0.727. The minimum Gasteiger partial charge on any atom is -0.478 e. The molecule has 1 N–H and O–H groups in total. The first kappa shape index (κ1) is 32.1. The van der Waals surface area contributed by atoms with E-state index in [0.717, 1.165) is 19.3 Å². The monoisotopic (exact) mass is 514 g/mol. The zero-order valence-electron chi connectivity index (χ0n) is 21.5. The maximum absolute atomic E-state index is 12.1. The first-order valence-electron chi connectivity index (χ1n) is 12.5. The summed E-state index contributed by atoms with van der Waals surface area (Å²) >= 11 is 0. The summed E-state index contributed by atoms with van der Waals surface area (Å²) in [6.07, 6.45) is 2.99. The van der Waals surface area contributed by atoms with Crippen molar-refractivity contribution in [1.82, 2.24) is 0 Å². The summed E-state index contributed by atoms with van der Waals surface area (Å²) in [7, 11) is 1.64. The fourth-order valence-electron chi connectivity index (χ4n) is 2.95. The summed E-state index contributed by atoms with van der Waals surface area (Å²) in [6, 6.07) is 6.04. The van der Waals surface area contributed by atoms with E-state index in [9.17, 15) is 9.59 Å². The number of aromatic carboxylic acids is 1. The van der Waals surface area contributed by atoms with Crippen LogP contribution in [-0.2, 0) is 33.2 Å². The summed E-state index contributed by atoms with van der Waals surface area (Å²) < 4.78 is 37.4. The third-order valence-corrected chi connectivity index (χ3v) is 4.94. The molecule has 0 aliphatic rings. The van der Waals surface area contributed by atoms with Gasteiger partial charge in [-0.05, 0) is 25.0 Å². The fraction of sp³-hybridized carbons (Fsp3) is 0.692. The van der Waals surface area contributed by atoms with E-state index < -0.39 is 5.97 Å². The molecule has 0 fully saturated rings. The van der Waals surface area contributed by atoms with E-state index in [1.54, 1.807) is 19.2 Å². The van der Waals surface area contributed by atoms with Gasteiger partial charge in [0.15, 0.2) is 5.78 Å². The lowest BCUT2D eigenvalue weighted by Crippen LogP contribution is -2.14. The SMILES string of the molecule is COCCOCCOCCOCCOCCOCCOCCCCCC(=O)c1ccc(C(=O)O)cc1. The number of carbonyl (C=O) groups is 2. The molecule has 0 saturated heterocycles. The molecular formula is C26H42O10. The number of carboxylic acids is 1. The van der Waals surface area contributed by atoms with Gasteiger partial charge in [0.1, 0.15) is 0 Å². The van der Waals surface area contributed by atoms with Gasteiger partial charge in [0.2, 0.25) is 0 Å². The molecular weight excluding hydrogens is 472 g/mol. The van der Waals surface area contributed by atoms with Crippen LogP contribution in [0.3, 0.4) is 0 Å². The molecule has 0 heterocycles. The van der Waals surface area contributed by atoms with Gasteiger partial charge in [-0.1, -0.05) is 18.6 Å². The predicted octanol–water partition coefficient (Wildman–Crippen LogP) is 2.87. The van der Waals surface area contributed by atoms with Gasteiger partial charge >= 0.3 is 5.97 Å². The first-order chi connectivity index (χ1) is 17.6. The van der Waals surface area contributed by atoms with Crippen LogP contribution in [0.5, 0.6) is 0 Å². The lowest BCUT2D eigenvalue weighted by molar-refractivity contribution is -0.0191. The molecule has 36 heavy (non-hydrogen) atoms. The second-order valence-corrected chi connectivity index (χ2v) is 7.78. The molecule has 1 rings (SSSR count). The van der Waals surface area contributed by atoms with Crippen molar-refractivity contribution in [2.75, 3.05) is 93.0 Å². The van der Waals surface area contributed by atoms with Crippen LogP contribution in [0.1, 0.15) is 46.4 Å². The molecule has 0 amide bonds. The largest absolute Gasteiger partial charge is 0.478 e. The highest BCUT2D eigenvalue weighted by Gasteiger charge is 2.07. The van der Waals surface area contributed by atoms with Crippen molar-refractivity contribution in [3.8, 4) is 0 Å². The standard InChI is InChI=1S/C26H42O10/c1-30-11-12-32-15-16-34-19-20-36-22-21-35-18-17-33-14-13-31-10-4-2-3-5-25(27)23-6-8-24(9-7-23)26(28)29/h6-9H,2-5,10-22H2,1H3,(H,28,29). The molecule has 0 aliphatic heterocycles. The van der Waals surface area contributed by atoms with Gasteiger partial charge in [-0.2, -0.15) is 0 Å². The second kappa shape index (κ2) is 23.5. The average molecular weight is 515 g/mol. The highest BCUT2D eigenvalue weighted by molar-refractivity contribution is 5.97. The van der Waals surface area contributed by atoms with Crippen molar-refractivity contribution in [2.45, 2.75) is 25.7 Å². The molecule has 0 atom stereocenters. The molecule has 0 aromatic heterocycles. The van der Waals surface area contributed by atoms with Gasteiger partial charge in [0.25, 0.3) is 0 Å². The van der Waals surface area contributed by atoms with Crippen LogP contribution in [0.4, 0.5) is 0 Å². The fourth-order valence-corrected chi connectivity index (χ4v) is 2.95. The maximum Gasteiger partial charge on any atom is 0.335 e. The molecule has 0 unspecified atom stereocenters. The van der Waals surface area contributed by atoms with Crippen LogP contribution in [0.2, 0.25) is 0 Å². The van der Waals surface area contributed by atoms with Crippen molar-refractivity contribution >= 4 is 11.8 Å². The van der Waals surface area contributed by atoms with Crippen molar-refractivity contribution < 1.29 is 47.9 Å². The summed E-state index contributed by atoms with van der Waals surface area (Å²) in [6.45, 7) is 7.00. The van der Waals surface area contributed by atoms with Gasteiger partial charge < -0.3 is 38.3 Å². The smallest absolute Gasteiger partial charge is 0.335 e. The minimum absolute atomic E-state index is 0.0274. The maximum atomic E-state index is 12.1. The summed E-state index contributed by atoms with van der Waals surface area (Å²) in [5, 5.41) is 8.89. The zero-order chi connectivity index (χ0) is 26.1. The van der Waals surface area contributed by atoms with Crippen molar-refractivity contribution in [2.24, 2.45) is 0 Å². The van der Waals surface area contributed by atoms with E-state index >= 15 is 0 Å². The molecule has 206 valence electrons. The molecule has 0 aliphatic carbocycles. The van der Waals surface area contributed by atoms with Crippen LogP contribution >= 0.6 is 0 Å². The molecule has 1 aromatic rings. The van der Waals surface area contributed by atoms with Gasteiger partial charge in [-0.15, -0.1) is 0 Å².